The first-order valence-electron chi connectivity index (χ1n) is 7.17. The van der Waals surface area contributed by atoms with Gasteiger partial charge in [0.25, 0.3) is 0 Å². The Kier molecular flexibility index (Phi) is 5.13. The second kappa shape index (κ2) is 6.66. The largest absolute Gasteiger partial charge is 0.454 e. The topological polar surface area (TPSA) is 47.7 Å². The van der Waals surface area contributed by atoms with E-state index in [0.717, 1.165) is 18.5 Å². The fourth-order valence-electron chi connectivity index (χ4n) is 2.72. The molecule has 0 amide bonds. The van der Waals surface area contributed by atoms with Crippen molar-refractivity contribution in [2.75, 3.05) is 19.9 Å². The zero-order valence-corrected chi connectivity index (χ0v) is 13.1. The predicted octanol–water partition coefficient (Wildman–Crippen LogP) is 3.19. The van der Waals surface area contributed by atoms with Gasteiger partial charge in [0.2, 0.25) is 6.79 Å². The first kappa shape index (κ1) is 15.4. The standard InChI is InChI=1S/C15H23ClN2O2/c1-4-10(3)18(5-2)13(8-17)11-6-12(16)15-14(7-11)19-9-20-15/h6-7,10,13H,4-5,8-9,17H2,1-3H3. The summed E-state index contributed by atoms with van der Waals surface area (Å²) in [6.45, 7) is 8.30. The molecule has 4 nitrogen and oxygen atoms in total. The van der Waals surface area contributed by atoms with Gasteiger partial charge in [0.05, 0.1) is 5.02 Å². The Bertz CT molecular complexity index is 467. The van der Waals surface area contributed by atoms with Gasteiger partial charge in [-0.15, -0.1) is 0 Å². The van der Waals surface area contributed by atoms with Crippen LogP contribution in [0.3, 0.4) is 0 Å². The number of likely N-dealkylation sites (N-methyl/N-ethyl adjacent to an activating group) is 1. The lowest BCUT2D eigenvalue weighted by Gasteiger charge is -2.35. The van der Waals surface area contributed by atoms with E-state index in [1.165, 1.54) is 0 Å². The highest BCUT2D eigenvalue weighted by molar-refractivity contribution is 6.32. The van der Waals surface area contributed by atoms with Gasteiger partial charge < -0.3 is 15.2 Å². The lowest BCUT2D eigenvalue weighted by molar-refractivity contribution is 0.151. The van der Waals surface area contributed by atoms with Crippen LogP contribution in [0.1, 0.15) is 38.8 Å². The number of ether oxygens (including phenoxy) is 2. The molecule has 2 atom stereocenters. The molecular weight excluding hydrogens is 276 g/mol. The maximum atomic E-state index is 6.27. The minimum Gasteiger partial charge on any atom is -0.454 e. The number of nitrogens with two attached hydrogens (primary N) is 1. The van der Waals surface area contributed by atoms with E-state index in [-0.39, 0.29) is 12.8 Å². The Morgan fingerprint density at radius 2 is 2.10 bits per heavy atom. The molecule has 0 fully saturated rings. The Hall–Kier alpha value is -0.970. The van der Waals surface area contributed by atoms with Crippen LogP contribution in [0.25, 0.3) is 0 Å². The van der Waals surface area contributed by atoms with E-state index >= 15 is 0 Å². The van der Waals surface area contributed by atoms with Crippen LogP contribution < -0.4 is 15.2 Å². The number of halogens is 1. The minimum atomic E-state index is 0.141. The fraction of sp³-hybridized carbons (Fsp3) is 0.600. The molecule has 112 valence electrons. The van der Waals surface area contributed by atoms with Crippen LogP contribution in [-0.2, 0) is 0 Å². The van der Waals surface area contributed by atoms with E-state index in [1.807, 2.05) is 12.1 Å². The molecule has 2 N–H and O–H groups in total. The third kappa shape index (κ3) is 2.87. The predicted molar refractivity (Wildman–Crippen MR) is 81.5 cm³/mol. The maximum absolute atomic E-state index is 6.27. The first-order valence-corrected chi connectivity index (χ1v) is 7.54. The highest BCUT2D eigenvalue weighted by Crippen LogP contribution is 2.41. The molecule has 0 aliphatic carbocycles. The van der Waals surface area contributed by atoms with Crippen LogP contribution in [0.5, 0.6) is 11.5 Å². The molecule has 0 radical (unpaired) electrons. The molecule has 2 rings (SSSR count). The van der Waals surface area contributed by atoms with Gasteiger partial charge in [-0.25, -0.2) is 0 Å². The van der Waals surface area contributed by atoms with Crippen molar-refractivity contribution >= 4 is 11.6 Å². The zero-order chi connectivity index (χ0) is 14.7. The van der Waals surface area contributed by atoms with Crippen molar-refractivity contribution in [3.63, 3.8) is 0 Å². The molecule has 1 aromatic rings. The van der Waals surface area contributed by atoms with Crippen molar-refractivity contribution < 1.29 is 9.47 Å². The lowest BCUT2D eigenvalue weighted by atomic mass is 10.0. The summed E-state index contributed by atoms with van der Waals surface area (Å²) in [6, 6.07) is 4.55. The molecular formula is C15H23ClN2O2. The van der Waals surface area contributed by atoms with E-state index < -0.39 is 0 Å². The summed E-state index contributed by atoms with van der Waals surface area (Å²) in [7, 11) is 0. The molecule has 2 unspecified atom stereocenters. The number of fused-ring (bicyclic) bond motifs is 1. The zero-order valence-electron chi connectivity index (χ0n) is 12.4. The highest BCUT2D eigenvalue weighted by Gasteiger charge is 2.26. The molecule has 0 saturated carbocycles. The number of benzene rings is 1. The van der Waals surface area contributed by atoms with Crippen molar-refractivity contribution in [1.82, 2.24) is 4.90 Å². The van der Waals surface area contributed by atoms with Gasteiger partial charge in [-0.1, -0.05) is 25.4 Å². The summed E-state index contributed by atoms with van der Waals surface area (Å²) in [5.41, 5.74) is 7.10. The van der Waals surface area contributed by atoms with Gasteiger partial charge in [-0.2, -0.15) is 0 Å². The summed E-state index contributed by atoms with van der Waals surface area (Å²) >= 11 is 6.27. The van der Waals surface area contributed by atoms with E-state index in [0.29, 0.717) is 29.1 Å². The number of rotatable bonds is 6. The highest BCUT2D eigenvalue weighted by atomic mass is 35.5. The summed E-state index contributed by atoms with van der Waals surface area (Å²) in [5, 5.41) is 0.591. The van der Waals surface area contributed by atoms with Gasteiger partial charge in [0.15, 0.2) is 11.5 Å². The normalized spacial score (nSPS) is 16.5. The molecule has 5 heteroatoms. The summed E-state index contributed by atoms with van der Waals surface area (Å²) in [4.78, 5) is 2.40. The number of hydrogen-bond donors (Lipinski definition) is 1. The van der Waals surface area contributed by atoms with Gasteiger partial charge >= 0.3 is 0 Å². The summed E-state index contributed by atoms with van der Waals surface area (Å²) in [6.07, 6.45) is 1.09. The molecule has 20 heavy (non-hydrogen) atoms. The minimum absolute atomic E-state index is 0.141. The second-order valence-electron chi connectivity index (χ2n) is 5.08. The monoisotopic (exact) mass is 298 g/mol. The molecule has 0 saturated heterocycles. The van der Waals surface area contributed by atoms with Crippen molar-refractivity contribution in [3.05, 3.63) is 22.7 Å². The number of nitrogens with zero attached hydrogens (tertiary/aromatic N) is 1. The van der Waals surface area contributed by atoms with Gasteiger partial charge in [-0.05, 0) is 37.6 Å². The van der Waals surface area contributed by atoms with Crippen LogP contribution in [0, 0.1) is 0 Å². The average molecular weight is 299 g/mol. The van der Waals surface area contributed by atoms with Crippen molar-refractivity contribution in [3.8, 4) is 11.5 Å². The van der Waals surface area contributed by atoms with Crippen molar-refractivity contribution in [1.29, 1.82) is 0 Å². The van der Waals surface area contributed by atoms with Crippen LogP contribution in [0.4, 0.5) is 0 Å². The second-order valence-corrected chi connectivity index (χ2v) is 5.48. The molecule has 1 aliphatic rings. The van der Waals surface area contributed by atoms with E-state index in [4.69, 9.17) is 26.8 Å². The Morgan fingerprint density at radius 3 is 2.70 bits per heavy atom. The van der Waals surface area contributed by atoms with Crippen LogP contribution in [0.2, 0.25) is 5.02 Å². The summed E-state index contributed by atoms with van der Waals surface area (Å²) < 4.78 is 10.8. The van der Waals surface area contributed by atoms with E-state index in [1.54, 1.807) is 0 Å². The summed E-state index contributed by atoms with van der Waals surface area (Å²) in [5.74, 6) is 1.35. The molecule has 0 spiro atoms. The lowest BCUT2D eigenvalue weighted by Crippen LogP contribution is -2.39. The Balaban J connectivity index is 2.34. The van der Waals surface area contributed by atoms with Gasteiger partial charge in [0, 0.05) is 18.6 Å². The van der Waals surface area contributed by atoms with Gasteiger partial charge in [0.1, 0.15) is 0 Å². The molecule has 0 bridgehead atoms. The quantitative estimate of drug-likeness (QED) is 0.876. The van der Waals surface area contributed by atoms with Crippen molar-refractivity contribution in [2.24, 2.45) is 5.73 Å². The Morgan fingerprint density at radius 1 is 1.35 bits per heavy atom. The average Bonchev–Trinajstić information content (AvgIpc) is 2.92. The smallest absolute Gasteiger partial charge is 0.231 e. The first-order chi connectivity index (χ1) is 9.62. The molecule has 1 aromatic carbocycles. The molecule has 1 heterocycles. The van der Waals surface area contributed by atoms with E-state index in [2.05, 4.69) is 25.7 Å². The van der Waals surface area contributed by atoms with E-state index in [9.17, 15) is 0 Å². The fourth-order valence-corrected chi connectivity index (χ4v) is 2.99. The van der Waals surface area contributed by atoms with Crippen LogP contribution in [0.15, 0.2) is 12.1 Å². The van der Waals surface area contributed by atoms with Crippen LogP contribution in [-0.4, -0.2) is 30.8 Å². The van der Waals surface area contributed by atoms with Crippen molar-refractivity contribution in [2.45, 2.75) is 39.3 Å². The van der Waals surface area contributed by atoms with Crippen LogP contribution >= 0.6 is 11.6 Å². The molecule has 1 aliphatic heterocycles. The number of hydrogen-bond acceptors (Lipinski definition) is 4. The molecule has 0 aromatic heterocycles. The van der Waals surface area contributed by atoms with Gasteiger partial charge in [-0.3, -0.25) is 4.90 Å². The third-order valence-corrected chi connectivity index (χ3v) is 4.26. The SMILES string of the molecule is CCC(C)N(CC)C(CN)c1cc(Cl)c2c(c1)OCO2. The maximum Gasteiger partial charge on any atom is 0.231 e. The Labute approximate surface area is 125 Å². The third-order valence-electron chi connectivity index (χ3n) is 3.98.